The molecule has 0 aliphatic carbocycles. The Balaban J connectivity index is 1.54. The van der Waals surface area contributed by atoms with E-state index in [1.807, 2.05) is 43.3 Å². The largest absolute Gasteiger partial charge is 0.493 e. The summed E-state index contributed by atoms with van der Waals surface area (Å²) >= 11 is 0. The van der Waals surface area contributed by atoms with Gasteiger partial charge in [0.15, 0.2) is 11.3 Å². The summed E-state index contributed by atoms with van der Waals surface area (Å²) in [5.41, 5.74) is 1.73. The minimum absolute atomic E-state index is 0.160. The summed E-state index contributed by atoms with van der Waals surface area (Å²) in [6.07, 6.45) is 0.411. The number of methoxy groups -OCH3 is 1. The topological polar surface area (TPSA) is 57.9 Å². The molecule has 5 heteroatoms. The molecule has 128 valence electrons. The van der Waals surface area contributed by atoms with Crippen molar-refractivity contribution in [3.05, 3.63) is 53.8 Å². The van der Waals surface area contributed by atoms with E-state index in [2.05, 4.69) is 0 Å². The highest BCUT2D eigenvalue weighted by Crippen LogP contribution is 2.36. The fourth-order valence-corrected chi connectivity index (χ4v) is 3.10. The number of carbonyl (C=O) groups is 1. The van der Waals surface area contributed by atoms with Gasteiger partial charge in [-0.3, -0.25) is 4.79 Å². The van der Waals surface area contributed by atoms with Crippen LogP contribution in [-0.4, -0.2) is 13.1 Å². The van der Waals surface area contributed by atoms with E-state index in [4.69, 9.17) is 18.6 Å². The first-order chi connectivity index (χ1) is 12.1. The molecular weight excluding hydrogens is 320 g/mol. The average molecular weight is 338 g/mol. The van der Waals surface area contributed by atoms with Gasteiger partial charge < -0.3 is 18.6 Å². The lowest BCUT2D eigenvalue weighted by Gasteiger charge is -2.21. The number of benzene rings is 2. The number of para-hydroxylation sites is 1. The van der Waals surface area contributed by atoms with Gasteiger partial charge in [-0.05, 0) is 29.7 Å². The molecule has 1 aliphatic rings. The van der Waals surface area contributed by atoms with E-state index in [9.17, 15) is 4.79 Å². The normalized spacial score (nSPS) is 16.4. The molecule has 5 nitrogen and oxygen atoms in total. The zero-order chi connectivity index (χ0) is 17.4. The van der Waals surface area contributed by atoms with Crippen molar-refractivity contribution in [2.75, 3.05) is 7.11 Å². The number of esters is 1. The Morgan fingerprint density at radius 2 is 2.08 bits per heavy atom. The molecule has 2 heterocycles. The number of hydrogen-bond donors (Lipinski definition) is 0. The Morgan fingerprint density at radius 1 is 1.20 bits per heavy atom. The summed E-state index contributed by atoms with van der Waals surface area (Å²) in [4.78, 5) is 11.6. The minimum atomic E-state index is -0.207. The van der Waals surface area contributed by atoms with E-state index in [-0.39, 0.29) is 18.5 Å². The van der Waals surface area contributed by atoms with Gasteiger partial charge in [0, 0.05) is 11.5 Å². The first kappa shape index (κ1) is 15.6. The van der Waals surface area contributed by atoms with Gasteiger partial charge in [0.25, 0.3) is 0 Å². The van der Waals surface area contributed by atoms with Crippen molar-refractivity contribution < 1.29 is 23.4 Å². The molecule has 0 spiro atoms. The van der Waals surface area contributed by atoms with Gasteiger partial charge >= 0.3 is 5.97 Å². The second kappa shape index (κ2) is 6.16. The van der Waals surface area contributed by atoms with Crippen LogP contribution in [0.5, 0.6) is 17.2 Å². The van der Waals surface area contributed by atoms with Crippen molar-refractivity contribution in [1.29, 1.82) is 0 Å². The molecule has 0 amide bonds. The predicted molar refractivity (Wildman–Crippen MR) is 92.2 cm³/mol. The SMILES string of the molecule is COc1cccc2cc(COc3ccc4c(c3)OC(=O)CC4C)oc12. The third-order valence-corrected chi connectivity index (χ3v) is 4.37. The molecule has 3 aromatic rings. The second-order valence-corrected chi connectivity index (χ2v) is 6.16. The van der Waals surface area contributed by atoms with Crippen LogP contribution in [0.3, 0.4) is 0 Å². The Morgan fingerprint density at radius 3 is 2.92 bits per heavy atom. The zero-order valence-corrected chi connectivity index (χ0v) is 14.1. The predicted octanol–water partition coefficient (Wildman–Crippen LogP) is 4.43. The van der Waals surface area contributed by atoms with Gasteiger partial charge in [-0.1, -0.05) is 25.1 Å². The van der Waals surface area contributed by atoms with E-state index in [1.54, 1.807) is 13.2 Å². The first-order valence-electron chi connectivity index (χ1n) is 8.17. The lowest BCUT2D eigenvalue weighted by atomic mass is 9.95. The highest BCUT2D eigenvalue weighted by Gasteiger charge is 2.24. The summed E-state index contributed by atoms with van der Waals surface area (Å²) in [5, 5.41) is 0.964. The fourth-order valence-electron chi connectivity index (χ4n) is 3.10. The zero-order valence-electron chi connectivity index (χ0n) is 14.1. The highest BCUT2D eigenvalue weighted by atomic mass is 16.5. The van der Waals surface area contributed by atoms with Crippen molar-refractivity contribution in [3.8, 4) is 17.2 Å². The fraction of sp³-hybridized carbons (Fsp3) is 0.250. The maximum atomic E-state index is 11.6. The van der Waals surface area contributed by atoms with E-state index in [1.165, 1.54) is 0 Å². The number of hydrogen-bond acceptors (Lipinski definition) is 5. The van der Waals surface area contributed by atoms with Crippen LogP contribution in [0.4, 0.5) is 0 Å². The lowest BCUT2D eigenvalue weighted by Crippen LogP contribution is -2.18. The summed E-state index contributed by atoms with van der Waals surface area (Å²) in [5.74, 6) is 2.55. The maximum absolute atomic E-state index is 11.6. The van der Waals surface area contributed by atoms with E-state index in [0.717, 1.165) is 10.9 Å². The second-order valence-electron chi connectivity index (χ2n) is 6.16. The van der Waals surface area contributed by atoms with E-state index >= 15 is 0 Å². The molecular formula is C20H18O5. The third kappa shape index (κ3) is 2.93. The van der Waals surface area contributed by atoms with Crippen LogP contribution in [0.1, 0.15) is 30.6 Å². The molecule has 2 aromatic carbocycles. The highest BCUT2D eigenvalue weighted by molar-refractivity contribution is 5.83. The van der Waals surface area contributed by atoms with Crippen LogP contribution in [0.25, 0.3) is 11.0 Å². The van der Waals surface area contributed by atoms with Crippen molar-refractivity contribution in [3.63, 3.8) is 0 Å². The smallest absolute Gasteiger partial charge is 0.311 e. The van der Waals surface area contributed by atoms with Crippen molar-refractivity contribution in [1.82, 2.24) is 0 Å². The maximum Gasteiger partial charge on any atom is 0.311 e. The molecule has 0 saturated heterocycles. The van der Waals surface area contributed by atoms with Crippen LogP contribution >= 0.6 is 0 Å². The van der Waals surface area contributed by atoms with Crippen LogP contribution in [0, 0.1) is 0 Å². The van der Waals surface area contributed by atoms with Crippen LogP contribution in [-0.2, 0) is 11.4 Å². The standard InChI is InChI=1S/C20H18O5/c1-12-8-19(21)25-18-10-14(6-7-16(12)18)23-11-15-9-13-4-3-5-17(22-2)20(13)24-15/h3-7,9-10,12H,8,11H2,1-2H3. The number of ether oxygens (including phenoxy) is 3. The van der Waals surface area contributed by atoms with E-state index < -0.39 is 0 Å². The molecule has 1 atom stereocenters. The Labute approximate surface area is 145 Å². The van der Waals surface area contributed by atoms with Gasteiger partial charge in [0.2, 0.25) is 0 Å². The molecule has 0 saturated carbocycles. The Kier molecular flexibility index (Phi) is 3.84. The molecule has 1 aliphatic heterocycles. The van der Waals surface area contributed by atoms with Crippen molar-refractivity contribution in [2.24, 2.45) is 0 Å². The Bertz CT molecular complexity index is 940. The molecule has 0 radical (unpaired) electrons. The lowest BCUT2D eigenvalue weighted by molar-refractivity contribution is -0.135. The molecule has 1 unspecified atom stereocenters. The molecule has 1 aromatic heterocycles. The van der Waals surface area contributed by atoms with Crippen LogP contribution in [0.15, 0.2) is 46.9 Å². The van der Waals surface area contributed by atoms with Gasteiger partial charge in [-0.2, -0.15) is 0 Å². The number of rotatable bonds is 4. The third-order valence-electron chi connectivity index (χ3n) is 4.37. The van der Waals surface area contributed by atoms with Crippen molar-refractivity contribution >= 4 is 16.9 Å². The molecule has 4 rings (SSSR count). The summed E-state index contributed by atoms with van der Waals surface area (Å²) < 4.78 is 22.2. The molecule has 0 N–H and O–H groups in total. The summed E-state index contributed by atoms with van der Waals surface area (Å²) in [6.45, 7) is 2.29. The Hall–Kier alpha value is -2.95. The van der Waals surface area contributed by atoms with E-state index in [0.29, 0.717) is 35.0 Å². The quantitative estimate of drug-likeness (QED) is 0.520. The summed E-state index contributed by atoms with van der Waals surface area (Å²) in [7, 11) is 1.61. The van der Waals surface area contributed by atoms with Crippen LogP contribution in [0.2, 0.25) is 0 Å². The minimum Gasteiger partial charge on any atom is -0.493 e. The van der Waals surface area contributed by atoms with Crippen molar-refractivity contribution in [2.45, 2.75) is 25.9 Å². The number of fused-ring (bicyclic) bond motifs is 2. The van der Waals surface area contributed by atoms with Gasteiger partial charge in [-0.25, -0.2) is 0 Å². The average Bonchev–Trinajstić information content (AvgIpc) is 3.02. The number of furan rings is 1. The molecule has 25 heavy (non-hydrogen) atoms. The monoisotopic (exact) mass is 338 g/mol. The van der Waals surface area contributed by atoms with Gasteiger partial charge in [0.1, 0.15) is 23.9 Å². The van der Waals surface area contributed by atoms with Crippen LogP contribution < -0.4 is 14.2 Å². The summed E-state index contributed by atoms with van der Waals surface area (Å²) in [6, 6.07) is 13.3. The molecule has 0 bridgehead atoms. The first-order valence-corrected chi connectivity index (χ1v) is 8.17. The van der Waals surface area contributed by atoms with Gasteiger partial charge in [-0.15, -0.1) is 0 Å². The molecule has 0 fully saturated rings. The number of carbonyl (C=O) groups excluding carboxylic acids is 1. The van der Waals surface area contributed by atoms with Gasteiger partial charge in [0.05, 0.1) is 13.5 Å².